The third-order valence-corrected chi connectivity index (χ3v) is 5.70. The summed E-state index contributed by atoms with van der Waals surface area (Å²) in [5, 5.41) is 20.2. The Morgan fingerprint density at radius 1 is 1.36 bits per heavy atom. The lowest BCUT2D eigenvalue weighted by atomic mass is 10.0. The van der Waals surface area contributed by atoms with Crippen molar-refractivity contribution in [1.82, 2.24) is 19.0 Å². The van der Waals surface area contributed by atoms with Gasteiger partial charge in [0, 0.05) is 21.2 Å². The molecule has 0 radical (unpaired) electrons. The summed E-state index contributed by atoms with van der Waals surface area (Å²) in [5.41, 5.74) is 2.21. The van der Waals surface area contributed by atoms with Crippen molar-refractivity contribution in [2.24, 2.45) is 0 Å². The van der Waals surface area contributed by atoms with Crippen molar-refractivity contribution in [3.05, 3.63) is 23.2 Å². The van der Waals surface area contributed by atoms with E-state index in [1.165, 1.54) is 6.33 Å². The first kappa shape index (κ1) is 16.9. The highest BCUT2D eigenvalue weighted by Crippen LogP contribution is 2.44. The Labute approximate surface area is 139 Å². The maximum atomic E-state index is 10.4. The molecule has 0 aromatic carbocycles. The summed E-state index contributed by atoms with van der Waals surface area (Å²) < 4.78 is 8.97. The lowest BCUT2D eigenvalue weighted by molar-refractivity contribution is 0.0424. The van der Waals surface area contributed by atoms with Crippen LogP contribution < -0.4 is 0 Å². The lowest BCUT2D eigenvalue weighted by Crippen LogP contribution is -2.35. The van der Waals surface area contributed by atoms with Crippen LogP contribution in [0.3, 0.4) is 0 Å². The molecular weight excluding hydrogens is 365 g/mol. The molecule has 2 aromatic heterocycles. The minimum atomic E-state index is -0.829. The van der Waals surface area contributed by atoms with Gasteiger partial charge in [-0.3, -0.25) is 4.67 Å². The molecule has 1 fully saturated rings. The van der Waals surface area contributed by atoms with Crippen LogP contribution in [0, 0.1) is 0 Å². The summed E-state index contributed by atoms with van der Waals surface area (Å²) in [4.78, 5) is 8.30. The van der Waals surface area contributed by atoms with E-state index >= 15 is 0 Å². The lowest BCUT2D eigenvalue weighted by Gasteiger charge is -2.24. The third-order valence-electron chi connectivity index (χ3n) is 4.00. The molecule has 3 unspecified atom stereocenters. The maximum Gasteiger partial charge on any atom is 0.156 e. The molecule has 1 aliphatic rings. The number of aliphatic hydroxyl groups is 2. The zero-order valence-electron chi connectivity index (χ0n) is 11.4. The summed E-state index contributed by atoms with van der Waals surface area (Å²) >= 11 is 6.14. The number of hydrogen-bond donors (Lipinski definition) is 2. The van der Waals surface area contributed by atoms with E-state index in [1.54, 1.807) is 4.34 Å². The Morgan fingerprint density at radius 3 is 2.73 bits per heavy atom. The molecule has 0 spiro atoms. The Bertz CT molecular complexity index is 703. The summed E-state index contributed by atoms with van der Waals surface area (Å²) in [5.74, 6) is 0. The molecule has 2 aromatic rings. The number of halogens is 1. The summed E-state index contributed by atoms with van der Waals surface area (Å²) in [6.45, 7) is -0.180. The maximum absolute atomic E-state index is 10.4. The monoisotopic (exact) mass is 380 g/mol. The first-order valence-electron chi connectivity index (χ1n) is 6.45. The van der Waals surface area contributed by atoms with Gasteiger partial charge in [-0.2, -0.15) is 0 Å². The molecule has 0 saturated carbocycles. The fourth-order valence-corrected chi connectivity index (χ4v) is 4.57. The van der Waals surface area contributed by atoms with E-state index in [-0.39, 0.29) is 12.6 Å². The fourth-order valence-electron chi connectivity index (χ4n) is 2.94. The second-order valence-electron chi connectivity index (χ2n) is 5.09. The van der Waals surface area contributed by atoms with Gasteiger partial charge in [-0.25, -0.2) is 9.97 Å². The van der Waals surface area contributed by atoms with Crippen LogP contribution in [0.4, 0.5) is 0 Å². The quantitative estimate of drug-likeness (QED) is 0.604. The first-order valence-corrected chi connectivity index (χ1v) is 8.33. The topological polar surface area (TPSA) is 83.6 Å². The number of fused-ring (bicyclic) bond motifs is 1. The Balaban J connectivity index is 2.16. The minimum absolute atomic E-state index is 0.180. The van der Waals surface area contributed by atoms with Crippen LogP contribution in [0.2, 0.25) is 5.15 Å². The average Bonchev–Trinajstić information content (AvgIpc) is 2.94. The third kappa shape index (κ3) is 2.49. The Hall–Kier alpha value is 0.0400. The highest BCUT2D eigenvalue weighted by molar-refractivity contribution is 7.15. The van der Waals surface area contributed by atoms with Gasteiger partial charge in [-0.1, -0.05) is 21.0 Å². The molecule has 0 bridgehead atoms. The van der Waals surface area contributed by atoms with Crippen molar-refractivity contribution in [3.63, 3.8) is 0 Å². The van der Waals surface area contributed by atoms with Crippen LogP contribution in [0.25, 0.3) is 11.0 Å². The van der Waals surface area contributed by atoms with Crippen LogP contribution in [0.15, 0.2) is 12.5 Å². The van der Waals surface area contributed by atoms with Crippen LogP contribution in [-0.4, -0.2) is 54.0 Å². The van der Waals surface area contributed by atoms with Crippen molar-refractivity contribution >= 4 is 50.9 Å². The van der Waals surface area contributed by atoms with Crippen molar-refractivity contribution in [2.75, 3.05) is 6.61 Å². The van der Waals surface area contributed by atoms with Gasteiger partial charge in [0.25, 0.3) is 0 Å². The van der Waals surface area contributed by atoms with Crippen molar-refractivity contribution in [2.45, 2.75) is 24.3 Å². The van der Waals surface area contributed by atoms with E-state index in [2.05, 4.69) is 38.2 Å². The standard InChI is InChI=1S/C11H16ClN4O3P3/c12-11-8-6(13-3-14-11)4(1-15(8)20)7-10(19-22)9(18)5(2-17)16(7)21/h1,3,5,7,9-10,17-18H,2,20-22H2/t5-,7+,9-,10+/m1/s1. The highest BCUT2D eigenvalue weighted by Gasteiger charge is 2.48. The molecule has 11 heteroatoms. The molecule has 3 rings (SSSR count). The van der Waals surface area contributed by atoms with Gasteiger partial charge in [0.15, 0.2) is 5.15 Å². The minimum Gasteiger partial charge on any atom is -0.395 e. The molecule has 22 heavy (non-hydrogen) atoms. The second kappa shape index (κ2) is 6.51. The molecule has 3 heterocycles. The average molecular weight is 381 g/mol. The summed E-state index contributed by atoms with van der Waals surface area (Å²) in [6, 6.07) is -0.745. The molecule has 7 nitrogen and oxygen atoms in total. The summed E-state index contributed by atoms with van der Waals surface area (Å²) in [6.07, 6.45) is 1.91. The summed E-state index contributed by atoms with van der Waals surface area (Å²) in [7, 11) is 7.27. The van der Waals surface area contributed by atoms with E-state index in [4.69, 9.17) is 16.1 Å². The van der Waals surface area contributed by atoms with Crippen molar-refractivity contribution in [3.8, 4) is 0 Å². The van der Waals surface area contributed by atoms with Crippen molar-refractivity contribution < 1.29 is 14.7 Å². The van der Waals surface area contributed by atoms with Gasteiger partial charge in [-0.15, -0.1) is 0 Å². The zero-order valence-corrected chi connectivity index (χ0v) is 15.6. The molecule has 7 atom stereocenters. The van der Waals surface area contributed by atoms with E-state index in [0.717, 1.165) is 5.56 Å². The van der Waals surface area contributed by atoms with E-state index in [1.807, 2.05) is 10.9 Å². The van der Waals surface area contributed by atoms with Gasteiger partial charge in [0.2, 0.25) is 0 Å². The largest absolute Gasteiger partial charge is 0.395 e. The zero-order chi connectivity index (χ0) is 16.0. The molecule has 1 aliphatic heterocycles. The molecule has 2 N–H and O–H groups in total. The van der Waals surface area contributed by atoms with E-state index in [9.17, 15) is 10.2 Å². The predicted octanol–water partition coefficient (Wildman–Crippen LogP) is 0.767. The van der Waals surface area contributed by atoms with Crippen molar-refractivity contribution in [1.29, 1.82) is 0 Å². The number of aromatic nitrogens is 3. The smallest absolute Gasteiger partial charge is 0.156 e. The van der Waals surface area contributed by atoms with Gasteiger partial charge >= 0.3 is 0 Å². The Kier molecular flexibility index (Phi) is 4.99. The van der Waals surface area contributed by atoms with Gasteiger partial charge in [0.1, 0.15) is 24.1 Å². The predicted molar refractivity (Wildman–Crippen MR) is 93.4 cm³/mol. The van der Waals surface area contributed by atoms with Crippen LogP contribution >= 0.6 is 39.8 Å². The highest BCUT2D eigenvalue weighted by atomic mass is 35.5. The number of nitrogens with zero attached hydrogens (tertiary/aromatic N) is 4. The van der Waals surface area contributed by atoms with Crippen LogP contribution in [0.5, 0.6) is 0 Å². The second-order valence-corrected chi connectivity index (χ2v) is 6.87. The molecule has 0 aliphatic carbocycles. The normalized spacial score (nSPS) is 29.5. The van der Waals surface area contributed by atoms with Crippen LogP contribution in [-0.2, 0) is 4.52 Å². The fraction of sp³-hybridized carbons (Fsp3) is 0.455. The first-order chi connectivity index (χ1) is 10.5. The molecule has 0 amide bonds. The Morgan fingerprint density at radius 2 is 2.09 bits per heavy atom. The van der Waals surface area contributed by atoms with E-state index < -0.39 is 18.2 Å². The van der Waals surface area contributed by atoms with E-state index in [0.29, 0.717) is 16.2 Å². The number of hydrogen-bond acceptors (Lipinski definition) is 6. The molecule has 1 saturated heterocycles. The SMILES string of the molecule is OC[C@@H]1[C@@H](O)[C@@H](OP)[C@H](c2cn(P)c3c(Cl)ncnc23)N1P. The van der Waals surface area contributed by atoms with Gasteiger partial charge in [-0.05, 0) is 9.39 Å². The molecular formula is C11H16ClN4O3P3. The molecule has 120 valence electrons. The number of aliphatic hydroxyl groups excluding tert-OH is 2. The van der Waals surface area contributed by atoms with Gasteiger partial charge in [0.05, 0.1) is 24.2 Å². The number of rotatable bonds is 3. The van der Waals surface area contributed by atoms with Crippen LogP contribution in [0.1, 0.15) is 11.6 Å². The van der Waals surface area contributed by atoms with Gasteiger partial charge < -0.3 is 19.1 Å².